The Hall–Kier alpha value is -3.25. The zero-order valence-corrected chi connectivity index (χ0v) is 19.6. The number of aryl methyl sites for hydroxylation is 1. The molecule has 0 fully saturated rings. The Kier molecular flexibility index (Phi) is 7.25. The number of phenolic OH excluding ortho intramolecular Hbond substituents is 1. The van der Waals surface area contributed by atoms with Crippen molar-refractivity contribution >= 4 is 41.0 Å². The van der Waals surface area contributed by atoms with Crippen LogP contribution in [0.5, 0.6) is 5.75 Å². The number of amides is 1. The Balaban J connectivity index is 0.000000183. The standard InChI is InChI=1S/C16H15N.C8H10AsNO5/c1-13-6-8-14(9-7-13)12-17-11-10-15-4-2-3-5-16(15)17;1-5(11)10-7-4-6(9(13,14)15)2-3-8(7)12/h2-11H,12H2,1H3;2-4,12H,1H3,(H,10,11)(H2,13,14,15). The molecule has 1 heterocycles. The number of anilines is 1. The molecule has 4 aromatic rings. The summed E-state index contributed by atoms with van der Waals surface area (Å²) in [6.07, 6.45) is 2.16. The van der Waals surface area contributed by atoms with E-state index < -0.39 is 20.1 Å². The summed E-state index contributed by atoms with van der Waals surface area (Å²) in [6, 6.07) is 22.7. The van der Waals surface area contributed by atoms with Gasteiger partial charge in [-0.05, 0) is 30.0 Å². The number of carbonyl (C=O) groups is 1. The van der Waals surface area contributed by atoms with Crippen molar-refractivity contribution < 1.29 is 21.8 Å². The van der Waals surface area contributed by atoms with E-state index in [-0.39, 0.29) is 15.8 Å². The molecule has 3 aromatic carbocycles. The molecule has 0 aliphatic carbocycles. The summed E-state index contributed by atoms with van der Waals surface area (Å²) in [5.74, 6) is -0.668. The monoisotopic (exact) mass is 496 g/mol. The maximum Gasteiger partial charge on any atom is 0.0483 e. The minimum absolute atomic E-state index is 0.00951. The second-order valence-corrected chi connectivity index (χ2v) is 10.8. The van der Waals surface area contributed by atoms with Crippen LogP contribution in [0, 0.1) is 6.92 Å². The summed E-state index contributed by atoms with van der Waals surface area (Å²) in [5, 5.41) is 12.9. The fourth-order valence-electron chi connectivity index (χ4n) is 3.16. The van der Waals surface area contributed by atoms with Crippen LogP contribution in [0.4, 0.5) is 5.69 Å². The van der Waals surface area contributed by atoms with E-state index in [9.17, 15) is 13.6 Å². The molecule has 4 N–H and O–H groups in total. The van der Waals surface area contributed by atoms with Crippen LogP contribution in [0.15, 0.2) is 79.0 Å². The number of hydrogen-bond acceptors (Lipinski definition) is 3. The van der Waals surface area contributed by atoms with E-state index >= 15 is 0 Å². The molecule has 0 unspecified atom stereocenters. The van der Waals surface area contributed by atoms with Crippen LogP contribution in [-0.4, -0.2) is 37.9 Å². The summed E-state index contributed by atoms with van der Waals surface area (Å²) < 4.78 is 30.9. The minimum Gasteiger partial charge on any atom is -0.343 e. The molecule has 8 heteroatoms. The number of phenols is 1. The number of para-hydroxylation sites is 1. The Morgan fingerprint density at radius 1 is 1.00 bits per heavy atom. The summed E-state index contributed by atoms with van der Waals surface area (Å²) in [5.41, 5.74) is 3.95. The van der Waals surface area contributed by atoms with Gasteiger partial charge in [0.05, 0.1) is 0 Å². The summed E-state index contributed by atoms with van der Waals surface area (Å²) in [6.45, 7) is 4.29. The Bertz CT molecular complexity index is 1280. The van der Waals surface area contributed by atoms with E-state index in [1.165, 1.54) is 29.0 Å². The fraction of sp³-hybridized carbons (Fsp3) is 0.125. The van der Waals surface area contributed by atoms with Gasteiger partial charge in [0.2, 0.25) is 0 Å². The van der Waals surface area contributed by atoms with E-state index in [2.05, 4.69) is 77.6 Å². The largest absolute Gasteiger partial charge is 0.343 e. The van der Waals surface area contributed by atoms with Crippen LogP contribution in [-0.2, 0) is 15.1 Å². The summed E-state index contributed by atoms with van der Waals surface area (Å²) in [4.78, 5) is 10.7. The quantitative estimate of drug-likeness (QED) is 0.257. The third-order valence-corrected chi connectivity index (χ3v) is 6.78. The molecule has 1 amide bonds. The van der Waals surface area contributed by atoms with Crippen LogP contribution in [0.1, 0.15) is 18.1 Å². The average molecular weight is 496 g/mol. The SMILES string of the molecule is CC(=O)Nc1cc([As](=O)(O)O)ccc1O.Cc1ccc(Cn2ccc3ccccc32)cc1. The maximum atomic E-state index is 10.9. The van der Waals surface area contributed by atoms with E-state index in [4.69, 9.17) is 8.19 Å². The van der Waals surface area contributed by atoms with Crippen molar-refractivity contribution in [3.63, 3.8) is 0 Å². The molecule has 0 aliphatic heterocycles. The first-order valence-corrected chi connectivity index (χ1v) is 13.3. The second-order valence-electron chi connectivity index (χ2n) is 7.41. The first-order valence-electron chi connectivity index (χ1n) is 9.89. The van der Waals surface area contributed by atoms with Crippen molar-refractivity contribution in [2.45, 2.75) is 20.4 Å². The van der Waals surface area contributed by atoms with Crippen LogP contribution in [0.3, 0.4) is 0 Å². The normalized spacial score (nSPS) is 11.0. The number of nitrogens with zero attached hydrogens (tertiary/aromatic N) is 1. The topological polar surface area (TPSA) is 112 Å². The number of benzene rings is 3. The zero-order chi connectivity index (χ0) is 23.3. The van der Waals surface area contributed by atoms with E-state index in [1.807, 2.05) is 0 Å². The molecule has 166 valence electrons. The second kappa shape index (κ2) is 9.91. The number of rotatable bonds is 4. The van der Waals surface area contributed by atoms with Gasteiger partial charge in [0.15, 0.2) is 0 Å². The van der Waals surface area contributed by atoms with E-state index in [0.717, 1.165) is 24.7 Å². The van der Waals surface area contributed by atoms with Crippen molar-refractivity contribution in [1.82, 2.24) is 4.57 Å². The van der Waals surface area contributed by atoms with Gasteiger partial charge in [-0.15, -0.1) is 0 Å². The molecular weight excluding hydrogens is 471 g/mol. The van der Waals surface area contributed by atoms with Crippen LogP contribution < -0.4 is 9.67 Å². The van der Waals surface area contributed by atoms with Crippen LogP contribution in [0.2, 0.25) is 0 Å². The zero-order valence-electron chi connectivity index (χ0n) is 17.8. The average Bonchev–Trinajstić information content (AvgIpc) is 3.14. The van der Waals surface area contributed by atoms with Crippen molar-refractivity contribution in [1.29, 1.82) is 0 Å². The predicted molar refractivity (Wildman–Crippen MR) is 125 cm³/mol. The van der Waals surface area contributed by atoms with Crippen LogP contribution in [0.25, 0.3) is 10.9 Å². The molecule has 32 heavy (non-hydrogen) atoms. The molecule has 0 radical (unpaired) electrons. The third kappa shape index (κ3) is 6.14. The summed E-state index contributed by atoms with van der Waals surface area (Å²) >= 11 is -4.98. The van der Waals surface area contributed by atoms with Gasteiger partial charge in [-0.1, -0.05) is 48.0 Å². The predicted octanol–water partition coefficient (Wildman–Crippen LogP) is 2.91. The molecule has 0 atom stereocenters. The summed E-state index contributed by atoms with van der Waals surface area (Å²) in [7, 11) is 0. The Morgan fingerprint density at radius 2 is 1.69 bits per heavy atom. The van der Waals surface area contributed by atoms with E-state index in [1.54, 1.807) is 0 Å². The molecule has 4 rings (SSSR count). The third-order valence-electron chi connectivity index (χ3n) is 4.78. The fourth-order valence-corrected chi connectivity index (χ4v) is 4.35. The van der Waals surface area contributed by atoms with Gasteiger partial charge in [-0.2, -0.15) is 0 Å². The molecule has 7 nitrogen and oxygen atoms in total. The van der Waals surface area contributed by atoms with Gasteiger partial charge in [0.25, 0.3) is 0 Å². The number of carbonyl (C=O) groups excluding carboxylic acids is 1. The van der Waals surface area contributed by atoms with Gasteiger partial charge < -0.3 is 4.57 Å². The number of nitrogens with one attached hydrogen (secondary N) is 1. The molecule has 0 bridgehead atoms. The first kappa shape index (κ1) is 23.4. The molecule has 0 spiro atoms. The van der Waals surface area contributed by atoms with Crippen LogP contribution >= 0.6 is 0 Å². The molecule has 0 saturated carbocycles. The number of fused-ring (bicyclic) bond motifs is 1. The van der Waals surface area contributed by atoms with Crippen molar-refractivity contribution in [2.75, 3.05) is 5.32 Å². The number of hydrogen-bond donors (Lipinski definition) is 4. The molecular formula is C24H25AsN2O5. The molecule has 1 aromatic heterocycles. The van der Waals surface area contributed by atoms with Crippen molar-refractivity contribution in [2.24, 2.45) is 0 Å². The maximum absolute atomic E-state index is 10.9. The van der Waals surface area contributed by atoms with Crippen molar-refractivity contribution in [3.05, 3.63) is 90.1 Å². The smallest absolute Gasteiger partial charge is 0.0483 e. The molecule has 0 aliphatic rings. The number of aromatic hydroxyl groups is 1. The minimum atomic E-state index is -4.98. The Morgan fingerprint density at radius 3 is 2.34 bits per heavy atom. The number of aromatic nitrogens is 1. The van der Waals surface area contributed by atoms with Gasteiger partial charge >= 0.3 is 88.1 Å². The van der Waals surface area contributed by atoms with Gasteiger partial charge in [-0.25, -0.2) is 0 Å². The van der Waals surface area contributed by atoms with Gasteiger partial charge in [0, 0.05) is 18.3 Å². The van der Waals surface area contributed by atoms with E-state index in [0.29, 0.717) is 0 Å². The van der Waals surface area contributed by atoms with Gasteiger partial charge in [-0.3, -0.25) is 0 Å². The Labute approximate surface area is 189 Å². The first-order chi connectivity index (χ1) is 15.1. The van der Waals surface area contributed by atoms with Crippen molar-refractivity contribution in [3.8, 4) is 5.75 Å². The molecule has 0 saturated heterocycles. The van der Waals surface area contributed by atoms with Gasteiger partial charge in [0.1, 0.15) is 0 Å².